The quantitative estimate of drug-likeness (QED) is 0.900. The second kappa shape index (κ2) is 4.58. The third-order valence-corrected chi connectivity index (χ3v) is 2.95. The first-order valence-electron chi connectivity index (χ1n) is 4.93. The third-order valence-electron chi connectivity index (χ3n) is 2.08. The number of aryl methyl sites for hydroxylation is 2. The fourth-order valence-corrected chi connectivity index (χ4v) is 2.31. The Morgan fingerprint density at radius 2 is 2.24 bits per heavy atom. The number of carbonyl (C=O) groups is 1. The molecule has 0 aliphatic carbocycles. The Bertz CT molecular complexity index is 566. The number of aromatic nitrogens is 3. The van der Waals surface area contributed by atoms with Crippen molar-refractivity contribution in [2.45, 2.75) is 16.8 Å². The van der Waals surface area contributed by atoms with Crippen molar-refractivity contribution in [3.63, 3.8) is 0 Å². The topological polar surface area (TPSA) is 68.0 Å². The Labute approximate surface area is 102 Å². The van der Waals surface area contributed by atoms with E-state index in [1.165, 1.54) is 11.8 Å². The largest absolute Gasteiger partial charge is 0.478 e. The van der Waals surface area contributed by atoms with Crippen LogP contribution in [0.25, 0.3) is 0 Å². The van der Waals surface area contributed by atoms with Crippen molar-refractivity contribution in [1.29, 1.82) is 0 Å². The molecule has 0 atom stereocenters. The smallest absolute Gasteiger partial charge is 0.335 e. The molecule has 5 nitrogen and oxygen atoms in total. The monoisotopic (exact) mass is 249 g/mol. The zero-order chi connectivity index (χ0) is 12.4. The van der Waals surface area contributed by atoms with Crippen LogP contribution in [0, 0.1) is 6.92 Å². The van der Waals surface area contributed by atoms with Crippen LogP contribution in [0.1, 0.15) is 16.1 Å². The number of rotatable bonds is 3. The first-order chi connectivity index (χ1) is 8.04. The van der Waals surface area contributed by atoms with Crippen molar-refractivity contribution in [3.8, 4) is 0 Å². The minimum atomic E-state index is -0.941. The molecular weight excluding hydrogens is 238 g/mol. The molecular formula is C11H11N3O2S. The van der Waals surface area contributed by atoms with Gasteiger partial charge in [-0.2, -0.15) is 5.10 Å². The Kier molecular flexibility index (Phi) is 3.14. The van der Waals surface area contributed by atoms with Gasteiger partial charge in [-0.25, -0.2) is 9.78 Å². The Morgan fingerprint density at radius 1 is 1.47 bits per heavy atom. The fourth-order valence-electron chi connectivity index (χ4n) is 1.39. The van der Waals surface area contributed by atoms with Gasteiger partial charge in [0.05, 0.1) is 16.7 Å². The summed E-state index contributed by atoms with van der Waals surface area (Å²) in [4.78, 5) is 16.1. The summed E-state index contributed by atoms with van der Waals surface area (Å²) < 4.78 is 1.69. The van der Waals surface area contributed by atoms with Gasteiger partial charge in [-0.3, -0.25) is 4.68 Å². The number of pyridine rings is 1. The zero-order valence-electron chi connectivity index (χ0n) is 9.41. The van der Waals surface area contributed by atoms with E-state index in [0.717, 1.165) is 4.90 Å². The lowest BCUT2D eigenvalue weighted by Gasteiger charge is -2.02. The molecule has 1 N–H and O–H groups in total. The van der Waals surface area contributed by atoms with Gasteiger partial charge >= 0.3 is 5.97 Å². The van der Waals surface area contributed by atoms with Gasteiger partial charge in [0, 0.05) is 18.9 Å². The van der Waals surface area contributed by atoms with E-state index in [1.807, 2.05) is 13.2 Å². The van der Waals surface area contributed by atoms with E-state index in [1.54, 1.807) is 29.9 Å². The average Bonchev–Trinajstić information content (AvgIpc) is 2.63. The minimum Gasteiger partial charge on any atom is -0.478 e. The van der Waals surface area contributed by atoms with Crippen molar-refractivity contribution in [1.82, 2.24) is 14.8 Å². The molecule has 0 fully saturated rings. The molecule has 0 spiro atoms. The van der Waals surface area contributed by atoms with Crippen LogP contribution in [0.15, 0.2) is 34.4 Å². The maximum atomic E-state index is 10.9. The molecule has 0 saturated heterocycles. The summed E-state index contributed by atoms with van der Waals surface area (Å²) in [6.45, 7) is 1.78. The molecule has 2 aromatic rings. The van der Waals surface area contributed by atoms with Crippen LogP contribution < -0.4 is 0 Å². The lowest BCUT2D eigenvalue weighted by molar-refractivity contribution is 0.0696. The first-order valence-corrected chi connectivity index (χ1v) is 5.75. The van der Waals surface area contributed by atoms with Crippen molar-refractivity contribution in [2.75, 3.05) is 0 Å². The second-order valence-corrected chi connectivity index (χ2v) is 4.69. The predicted molar refractivity (Wildman–Crippen MR) is 63.3 cm³/mol. The molecule has 0 saturated carbocycles. The molecule has 0 bridgehead atoms. The Morgan fingerprint density at radius 3 is 2.82 bits per heavy atom. The van der Waals surface area contributed by atoms with Crippen LogP contribution in [0.3, 0.4) is 0 Å². The standard InChI is InChI=1S/C11H11N3O2S/c1-7-3-8(11(15)16)4-10(13-7)17-9-5-12-14(2)6-9/h3-6H,1-2H3,(H,15,16). The highest BCUT2D eigenvalue weighted by Crippen LogP contribution is 2.26. The van der Waals surface area contributed by atoms with E-state index in [0.29, 0.717) is 10.7 Å². The summed E-state index contributed by atoms with van der Waals surface area (Å²) in [5.41, 5.74) is 0.945. The van der Waals surface area contributed by atoms with Gasteiger partial charge in [-0.05, 0) is 19.1 Å². The van der Waals surface area contributed by atoms with E-state index in [-0.39, 0.29) is 5.56 Å². The van der Waals surface area contributed by atoms with Gasteiger partial charge in [0.2, 0.25) is 0 Å². The molecule has 0 aromatic carbocycles. The lowest BCUT2D eigenvalue weighted by atomic mass is 10.2. The van der Waals surface area contributed by atoms with Crippen LogP contribution in [0.4, 0.5) is 0 Å². The lowest BCUT2D eigenvalue weighted by Crippen LogP contribution is -1.98. The summed E-state index contributed by atoms with van der Waals surface area (Å²) in [6.07, 6.45) is 3.57. The van der Waals surface area contributed by atoms with Gasteiger partial charge in [0.25, 0.3) is 0 Å². The normalized spacial score (nSPS) is 10.5. The number of hydrogen-bond donors (Lipinski definition) is 1. The second-order valence-electron chi connectivity index (χ2n) is 3.59. The average molecular weight is 249 g/mol. The van der Waals surface area contributed by atoms with Gasteiger partial charge in [-0.15, -0.1) is 0 Å². The number of carboxylic acids is 1. The SMILES string of the molecule is Cc1cc(C(=O)O)cc(Sc2cnn(C)c2)n1. The molecule has 0 amide bonds. The maximum Gasteiger partial charge on any atom is 0.335 e. The van der Waals surface area contributed by atoms with Crippen LogP contribution in [-0.4, -0.2) is 25.8 Å². The zero-order valence-corrected chi connectivity index (χ0v) is 10.2. The highest BCUT2D eigenvalue weighted by molar-refractivity contribution is 7.99. The molecule has 6 heteroatoms. The number of nitrogens with zero attached hydrogens (tertiary/aromatic N) is 3. The van der Waals surface area contributed by atoms with Gasteiger partial charge in [0.1, 0.15) is 5.03 Å². The summed E-state index contributed by atoms with van der Waals surface area (Å²) in [5, 5.41) is 13.7. The van der Waals surface area contributed by atoms with Crippen LogP contribution in [0.2, 0.25) is 0 Å². The van der Waals surface area contributed by atoms with Gasteiger partial charge < -0.3 is 5.11 Å². The van der Waals surface area contributed by atoms with Gasteiger partial charge in [-0.1, -0.05) is 11.8 Å². The van der Waals surface area contributed by atoms with Crippen LogP contribution in [-0.2, 0) is 7.05 Å². The van der Waals surface area contributed by atoms with Crippen LogP contribution >= 0.6 is 11.8 Å². The Hall–Kier alpha value is -1.82. The third kappa shape index (κ3) is 2.85. The molecule has 88 valence electrons. The van der Waals surface area contributed by atoms with Crippen molar-refractivity contribution in [3.05, 3.63) is 35.8 Å². The summed E-state index contributed by atoms with van der Waals surface area (Å²) in [5.74, 6) is -0.941. The molecule has 0 aliphatic rings. The summed E-state index contributed by atoms with van der Waals surface area (Å²) in [6, 6.07) is 3.11. The number of hydrogen-bond acceptors (Lipinski definition) is 4. The van der Waals surface area contributed by atoms with E-state index >= 15 is 0 Å². The minimum absolute atomic E-state index is 0.254. The molecule has 0 aliphatic heterocycles. The molecule has 17 heavy (non-hydrogen) atoms. The molecule has 0 unspecified atom stereocenters. The first kappa shape index (κ1) is 11.7. The van der Waals surface area contributed by atoms with E-state index in [2.05, 4.69) is 10.1 Å². The fraction of sp³-hybridized carbons (Fsp3) is 0.182. The molecule has 2 rings (SSSR count). The van der Waals surface area contributed by atoms with E-state index in [4.69, 9.17) is 5.11 Å². The van der Waals surface area contributed by atoms with E-state index < -0.39 is 5.97 Å². The molecule has 2 aromatic heterocycles. The van der Waals surface area contributed by atoms with Crippen molar-refractivity contribution in [2.24, 2.45) is 7.05 Å². The van der Waals surface area contributed by atoms with Crippen molar-refractivity contribution >= 4 is 17.7 Å². The van der Waals surface area contributed by atoms with Gasteiger partial charge in [0.15, 0.2) is 0 Å². The molecule has 2 heterocycles. The van der Waals surface area contributed by atoms with E-state index in [9.17, 15) is 4.79 Å². The van der Waals surface area contributed by atoms with Crippen molar-refractivity contribution < 1.29 is 9.90 Å². The maximum absolute atomic E-state index is 10.9. The van der Waals surface area contributed by atoms with Crippen LogP contribution in [0.5, 0.6) is 0 Å². The summed E-state index contributed by atoms with van der Waals surface area (Å²) in [7, 11) is 1.83. The Balaban J connectivity index is 2.29. The number of aromatic carboxylic acids is 1. The highest BCUT2D eigenvalue weighted by Gasteiger charge is 2.08. The number of carboxylic acid groups (broad SMARTS) is 1. The predicted octanol–water partition coefficient (Wildman–Crippen LogP) is 1.97. The summed E-state index contributed by atoms with van der Waals surface area (Å²) >= 11 is 1.40. The molecule has 0 radical (unpaired) electrons. The highest BCUT2D eigenvalue weighted by atomic mass is 32.2.